The van der Waals surface area contributed by atoms with Gasteiger partial charge in [0, 0.05) is 0 Å². The summed E-state index contributed by atoms with van der Waals surface area (Å²) in [6.45, 7) is 0.285. The van der Waals surface area contributed by atoms with Crippen LogP contribution in [0.25, 0.3) is 6.08 Å². The lowest BCUT2D eigenvalue weighted by atomic mass is 10.1. The molecule has 1 aliphatic heterocycles. The first-order valence-electron chi connectivity index (χ1n) is 8.95. The zero-order chi connectivity index (χ0) is 22.0. The Morgan fingerprint density at radius 3 is 2.71 bits per heavy atom. The van der Waals surface area contributed by atoms with E-state index in [1.807, 2.05) is 12.1 Å². The van der Waals surface area contributed by atoms with Crippen LogP contribution >= 0.6 is 45.8 Å². The van der Waals surface area contributed by atoms with E-state index in [0.29, 0.717) is 32.9 Å². The first-order chi connectivity index (χ1) is 14.9. The van der Waals surface area contributed by atoms with E-state index >= 15 is 0 Å². The monoisotopic (exact) mass is 569 g/mol. The van der Waals surface area contributed by atoms with Gasteiger partial charge in [0.2, 0.25) is 0 Å². The lowest BCUT2D eigenvalue weighted by Crippen LogP contribution is -2.04. The molecule has 6 nitrogen and oxygen atoms in total. The van der Waals surface area contributed by atoms with Crippen LogP contribution < -0.4 is 9.47 Å². The molecule has 158 valence electrons. The number of hydrogen-bond acceptors (Lipinski definition) is 6. The maximum Gasteiger partial charge on any atom is 0.363 e. The number of cyclic esters (lactones) is 1. The molecule has 0 saturated heterocycles. The third kappa shape index (κ3) is 4.89. The molecule has 0 aliphatic carbocycles. The van der Waals surface area contributed by atoms with Crippen LogP contribution in [0.2, 0.25) is 10.0 Å². The Labute approximate surface area is 201 Å². The molecule has 31 heavy (non-hydrogen) atoms. The van der Waals surface area contributed by atoms with E-state index in [1.54, 1.807) is 43.5 Å². The number of esters is 1. The van der Waals surface area contributed by atoms with Crippen molar-refractivity contribution in [3.05, 3.63) is 84.9 Å². The molecule has 0 saturated carbocycles. The topological polar surface area (TPSA) is 70.3 Å². The minimum Gasteiger partial charge on any atom is -0.493 e. The second-order valence-corrected chi connectivity index (χ2v) is 8.36. The van der Waals surface area contributed by atoms with Crippen LogP contribution in [0, 0.1) is 3.57 Å². The fourth-order valence-corrected chi connectivity index (χ4v) is 3.92. The number of carbonyl (C=O) groups is 1. The van der Waals surface area contributed by atoms with Gasteiger partial charge in [0.1, 0.15) is 6.61 Å². The molecule has 0 unspecified atom stereocenters. The Morgan fingerprint density at radius 1 is 1.16 bits per heavy atom. The standard InChI is InChI=1S/C22H14Cl2INO5/c1-28-19-10-13(9-17-22(27)31-21(26-17)18-3-2-6-29-18)8-16(25)20(19)30-11-12-4-5-14(23)15(24)7-12/h2-10H,11H2,1H3/b17-9-. The first kappa shape index (κ1) is 21.7. The van der Waals surface area contributed by atoms with Crippen LogP contribution in [-0.2, 0) is 16.1 Å². The van der Waals surface area contributed by atoms with Crippen molar-refractivity contribution in [1.82, 2.24) is 0 Å². The average molecular weight is 570 g/mol. The predicted molar refractivity (Wildman–Crippen MR) is 126 cm³/mol. The van der Waals surface area contributed by atoms with Crippen LogP contribution in [0.15, 0.2) is 63.8 Å². The highest BCUT2D eigenvalue weighted by molar-refractivity contribution is 14.1. The summed E-state index contributed by atoms with van der Waals surface area (Å²) in [5.74, 6) is 1.05. The van der Waals surface area contributed by atoms with E-state index in [-0.39, 0.29) is 18.2 Å². The molecule has 0 N–H and O–H groups in total. The Kier molecular flexibility index (Phi) is 6.54. The number of carbonyl (C=O) groups excluding carboxylic acids is 1. The van der Waals surface area contributed by atoms with Gasteiger partial charge in [0.15, 0.2) is 23.0 Å². The maximum absolute atomic E-state index is 12.2. The summed E-state index contributed by atoms with van der Waals surface area (Å²) in [6, 6.07) is 12.3. The van der Waals surface area contributed by atoms with E-state index in [2.05, 4.69) is 27.6 Å². The first-order valence-corrected chi connectivity index (χ1v) is 10.8. The zero-order valence-corrected chi connectivity index (χ0v) is 19.7. The molecule has 2 heterocycles. The zero-order valence-electron chi connectivity index (χ0n) is 16.0. The largest absolute Gasteiger partial charge is 0.493 e. The van der Waals surface area contributed by atoms with Gasteiger partial charge in [0.05, 0.1) is 27.0 Å². The molecule has 0 bridgehead atoms. The number of methoxy groups -OCH3 is 1. The van der Waals surface area contributed by atoms with E-state index < -0.39 is 5.97 Å². The second kappa shape index (κ2) is 9.33. The molecular weight excluding hydrogens is 556 g/mol. The van der Waals surface area contributed by atoms with Crippen LogP contribution in [-0.4, -0.2) is 19.0 Å². The normalized spacial score (nSPS) is 14.5. The quantitative estimate of drug-likeness (QED) is 0.203. The Balaban J connectivity index is 1.58. The van der Waals surface area contributed by atoms with Crippen molar-refractivity contribution in [2.75, 3.05) is 7.11 Å². The van der Waals surface area contributed by atoms with Gasteiger partial charge < -0.3 is 18.6 Å². The third-order valence-electron chi connectivity index (χ3n) is 4.27. The van der Waals surface area contributed by atoms with Gasteiger partial charge in [-0.15, -0.1) is 0 Å². The van der Waals surface area contributed by atoms with Crippen LogP contribution in [0.3, 0.4) is 0 Å². The summed E-state index contributed by atoms with van der Waals surface area (Å²) in [5, 5.41) is 0.947. The second-order valence-electron chi connectivity index (χ2n) is 6.38. The lowest BCUT2D eigenvalue weighted by Gasteiger charge is -2.14. The number of halogens is 3. The molecule has 2 aromatic carbocycles. The number of aliphatic imine (C=N–C) groups is 1. The maximum atomic E-state index is 12.2. The molecular formula is C22H14Cl2INO5. The third-order valence-corrected chi connectivity index (χ3v) is 5.82. The van der Waals surface area contributed by atoms with E-state index in [1.165, 1.54) is 6.26 Å². The van der Waals surface area contributed by atoms with Crippen molar-refractivity contribution in [3.8, 4) is 11.5 Å². The molecule has 0 radical (unpaired) electrons. The highest BCUT2D eigenvalue weighted by Crippen LogP contribution is 2.36. The number of furan rings is 1. The van der Waals surface area contributed by atoms with E-state index in [0.717, 1.165) is 9.13 Å². The highest BCUT2D eigenvalue weighted by atomic mass is 127. The van der Waals surface area contributed by atoms with Crippen molar-refractivity contribution < 1.29 is 23.4 Å². The van der Waals surface area contributed by atoms with Crippen LogP contribution in [0.4, 0.5) is 0 Å². The van der Waals surface area contributed by atoms with Crippen molar-refractivity contribution in [2.24, 2.45) is 4.99 Å². The molecule has 3 aromatic rings. The summed E-state index contributed by atoms with van der Waals surface area (Å²) in [4.78, 5) is 16.4. The Hall–Kier alpha value is -2.49. The van der Waals surface area contributed by atoms with Crippen molar-refractivity contribution in [3.63, 3.8) is 0 Å². The molecule has 0 fully saturated rings. The van der Waals surface area contributed by atoms with Crippen LogP contribution in [0.5, 0.6) is 11.5 Å². The fraction of sp³-hybridized carbons (Fsp3) is 0.0909. The Bertz CT molecular complexity index is 1200. The summed E-state index contributed by atoms with van der Waals surface area (Å²) in [6.07, 6.45) is 3.10. The smallest absolute Gasteiger partial charge is 0.363 e. The molecule has 1 aliphatic rings. The number of rotatable bonds is 6. The molecule has 9 heteroatoms. The predicted octanol–water partition coefficient (Wildman–Crippen LogP) is 6.12. The van der Waals surface area contributed by atoms with Gasteiger partial charge in [-0.25, -0.2) is 9.79 Å². The SMILES string of the molecule is COc1cc(/C=C2\N=C(c3ccco3)OC2=O)cc(I)c1OCc1ccc(Cl)c(Cl)c1. The van der Waals surface area contributed by atoms with Crippen LogP contribution in [0.1, 0.15) is 16.9 Å². The summed E-state index contributed by atoms with van der Waals surface area (Å²) in [7, 11) is 1.55. The minimum atomic E-state index is -0.555. The molecule has 0 amide bonds. The summed E-state index contributed by atoms with van der Waals surface area (Å²) >= 11 is 14.2. The lowest BCUT2D eigenvalue weighted by molar-refractivity contribution is -0.130. The van der Waals surface area contributed by atoms with Crippen molar-refractivity contribution >= 4 is 63.7 Å². The highest BCUT2D eigenvalue weighted by Gasteiger charge is 2.26. The van der Waals surface area contributed by atoms with Gasteiger partial charge in [-0.2, -0.15) is 0 Å². The summed E-state index contributed by atoms with van der Waals surface area (Å²) < 4.78 is 22.7. The van der Waals surface area contributed by atoms with E-state index in [4.69, 9.17) is 41.8 Å². The van der Waals surface area contributed by atoms with Crippen molar-refractivity contribution in [2.45, 2.75) is 6.61 Å². The molecule has 0 atom stereocenters. The van der Waals surface area contributed by atoms with Gasteiger partial charge in [-0.1, -0.05) is 29.3 Å². The molecule has 4 rings (SSSR count). The minimum absolute atomic E-state index is 0.129. The number of ether oxygens (including phenoxy) is 3. The van der Waals surface area contributed by atoms with Gasteiger partial charge >= 0.3 is 5.97 Å². The fourth-order valence-electron chi connectivity index (χ4n) is 2.82. The molecule has 1 aromatic heterocycles. The Morgan fingerprint density at radius 2 is 2.00 bits per heavy atom. The van der Waals surface area contributed by atoms with Gasteiger partial charge in [-0.3, -0.25) is 0 Å². The van der Waals surface area contributed by atoms with E-state index in [9.17, 15) is 4.79 Å². The van der Waals surface area contributed by atoms with Gasteiger partial charge in [0.25, 0.3) is 5.90 Å². The molecule has 0 spiro atoms. The van der Waals surface area contributed by atoms with Gasteiger partial charge in [-0.05, 0) is 76.2 Å². The number of benzene rings is 2. The van der Waals surface area contributed by atoms with Crippen molar-refractivity contribution in [1.29, 1.82) is 0 Å². The average Bonchev–Trinajstić information content (AvgIpc) is 3.40. The number of hydrogen-bond donors (Lipinski definition) is 0. The summed E-state index contributed by atoms with van der Waals surface area (Å²) in [5.41, 5.74) is 1.74. The number of nitrogens with zero attached hydrogens (tertiary/aromatic N) is 1.